The van der Waals surface area contributed by atoms with Crippen LogP contribution in [-0.2, 0) is 0 Å². The normalized spacial score (nSPS) is 19.6. The van der Waals surface area contributed by atoms with Gasteiger partial charge in [0.25, 0.3) is 0 Å². The lowest BCUT2D eigenvalue weighted by atomic mass is 10.0. The maximum Gasteiger partial charge on any atom is 0.193 e. The second kappa shape index (κ2) is 8.05. The topological polar surface area (TPSA) is 89.1 Å². The minimum absolute atomic E-state index is 0. The molecule has 1 fully saturated rings. The van der Waals surface area contributed by atoms with Crippen LogP contribution in [0, 0.1) is 0 Å². The zero-order valence-corrected chi connectivity index (χ0v) is 15.4. The van der Waals surface area contributed by atoms with Crippen molar-refractivity contribution in [1.82, 2.24) is 0 Å². The second-order valence-electron chi connectivity index (χ2n) is 5.97. The van der Waals surface area contributed by atoms with Gasteiger partial charge in [-0.1, -0.05) is 12.8 Å². The van der Waals surface area contributed by atoms with E-state index in [1.165, 1.54) is 0 Å². The van der Waals surface area contributed by atoms with Crippen molar-refractivity contribution >= 4 is 35.6 Å². The van der Waals surface area contributed by atoms with Gasteiger partial charge in [-0.25, -0.2) is 0 Å². The van der Waals surface area contributed by atoms with Gasteiger partial charge in [0.15, 0.2) is 17.5 Å². The number of nitrogens with zero attached hydrogens (tertiary/aromatic N) is 1. The minimum atomic E-state index is -0.684. The predicted molar refractivity (Wildman–Crippen MR) is 101 cm³/mol. The van der Waals surface area contributed by atoms with Crippen LogP contribution in [0.3, 0.4) is 0 Å². The standard InChI is InChI=1S/C16H23N3O3.HI/c17-15(18-11-16(20)6-1-2-7-16)19-12-4-5-13-14(10-12)22-9-3-8-21-13;/h4-5,10,20H,1-3,6-9,11H2,(H3,17,18,19);1H. The molecule has 3 rings (SSSR count). The summed E-state index contributed by atoms with van der Waals surface area (Å²) < 4.78 is 11.2. The first-order valence-electron chi connectivity index (χ1n) is 7.84. The first kappa shape index (κ1) is 18.1. The van der Waals surface area contributed by atoms with Crippen molar-refractivity contribution in [2.45, 2.75) is 37.7 Å². The summed E-state index contributed by atoms with van der Waals surface area (Å²) in [6, 6.07) is 5.59. The Morgan fingerprint density at radius 1 is 1.17 bits per heavy atom. The summed E-state index contributed by atoms with van der Waals surface area (Å²) in [6.07, 6.45) is 4.59. The van der Waals surface area contributed by atoms with E-state index in [0.717, 1.165) is 43.5 Å². The van der Waals surface area contributed by atoms with Gasteiger partial charge < -0.3 is 25.6 Å². The zero-order valence-electron chi connectivity index (χ0n) is 13.1. The molecule has 7 heteroatoms. The quantitative estimate of drug-likeness (QED) is 0.387. The minimum Gasteiger partial charge on any atom is -0.490 e. The number of nitrogens with two attached hydrogens (primary N) is 1. The third-order valence-electron chi connectivity index (χ3n) is 4.10. The lowest BCUT2D eigenvalue weighted by Crippen LogP contribution is -2.31. The van der Waals surface area contributed by atoms with Gasteiger partial charge in [0.1, 0.15) is 0 Å². The Bertz CT molecular complexity index is 560. The maximum absolute atomic E-state index is 10.3. The van der Waals surface area contributed by atoms with Crippen molar-refractivity contribution in [1.29, 1.82) is 0 Å². The van der Waals surface area contributed by atoms with E-state index in [1.807, 2.05) is 18.2 Å². The highest BCUT2D eigenvalue weighted by Crippen LogP contribution is 2.32. The highest BCUT2D eigenvalue weighted by Gasteiger charge is 2.30. The molecule has 0 saturated heterocycles. The van der Waals surface area contributed by atoms with Crippen LogP contribution in [0.25, 0.3) is 0 Å². The summed E-state index contributed by atoms with van der Waals surface area (Å²) in [5.41, 5.74) is 6.02. The van der Waals surface area contributed by atoms with Crippen molar-refractivity contribution in [3.05, 3.63) is 18.2 Å². The average Bonchev–Trinajstić information content (AvgIpc) is 2.80. The van der Waals surface area contributed by atoms with E-state index >= 15 is 0 Å². The van der Waals surface area contributed by atoms with Gasteiger partial charge in [-0.15, -0.1) is 24.0 Å². The first-order valence-corrected chi connectivity index (χ1v) is 7.84. The Morgan fingerprint density at radius 3 is 2.61 bits per heavy atom. The number of aliphatic hydroxyl groups is 1. The molecule has 0 unspecified atom stereocenters. The van der Waals surface area contributed by atoms with Gasteiger partial charge in [0, 0.05) is 18.2 Å². The first-order chi connectivity index (χ1) is 10.6. The van der Waals surface area contributed by atoms with Crippen molar-refractivity contribution < 1.29 is 14.6 Å². The summed E-state index contributed by atoms with van der Waals surface area (Å²) in [4.78, 5) is 4.27. The number of benzene rings is 1. The lowest BCUT2D eigenvalue weighted by molar-refractivity contribution is 0.0575. The smallest absolute Gasteiger partial charge is 0.193 e. The Balaban J connectivity index is 0.00000192. The van der Waals surface area contributed by atoms with E-state index in [9.17, 15) is 5.11 Å². The van der Waals surface area contributed by atoms with E-state index in [4.69, 9.17) is 15.2 Å². The van der Waals surface area contributed by atoms with Gasteiger partial charge in [0.05, 0.1) is 25.4 Å². The number of hydrogen-bond acceptors (Lipinski definition) is 4. The summed E-state index contributed by atoms with van der Waals surface area (Å²) in [5.74, 6) is 1.76. The number of guanidine groups is 1. The van der Waals surface area contributed by atoms with E-state index in [0.29, 0.717) is 31.5 Å². The third kappa shape index (κ3) is 4.87. The van der Waals surface area contributed by atoms with Crippen molar-refractivity contribution in [3.8, 4) is 11.5 Å². The highest BCUT2D eigenvalue weighted by atomic mass is 127. The number of nitrogens with one attached hydrogen (secondary N) is 1. The molecular weight excluding hydrogens is 409 g/mol. The molecule has 6 nitrogen and oxygen atoms in total. The molecule has 1 saturated carbocycles. The molecule has 0 aromatic heterocycles. The van der Waals surface area contributed by atoms with Gasteiger partial charge in [-0.05, 0) is 25.0 Å². The van der Waals surface area contributed by atoms with E-state index in [1.54, 1.807) is 0 Å². The highest BCUT2D eigenvalue weighted by molar-refractivity contribution is 14.0. The largest absolute Gasteiger partial charge is 0.490 e. The van der Waals surface area contributed by atoms with Crippen LogP contribution in [0.5, 0.6) is 11.5 Å². The number of rotatable bonds is 3. The third-order valence-corrected chi connectivity index (χ3v) is 4.10. The molecule has 1 aliphatic heterocycles. The van der Waals surface area contributed by atoms with Crippen LogP contribution in [0.4, 0.5) is 5.69 Å². The van der Waals surface area contributed by atoms with Gasteiger partial charge >= 0.3 is 0 Å². The summed E-state index contributed by atoms with van der Waals surface area (Å²) >= 11 is 0. The zero-order chi connectivity index (χ0) is 15.4. The molecule has 1 aromatic carbocycles. The molecular formula is C16H24IN3O3. The van der Waals surface area contributed by atoms with E-state index < -0.39 is 5.60 Å². The van der Waals surface area contributed by atoms with Crippen LogP contribution >= 0.6 is 24.0 Å². The van der Waals surface area contributed by atoms with Gasteiger partial charge in [0.2, 0.25) is 0 Å². The number of ether oxygens (including phenoxy) is 2. The van der Waals surface area contributed by atoms with Gasteiger partial charge in [-0.2, -0.15) is 0 Å². The molecule has 1 aliphatic carbocycles. The predicted octanol–water partition coefficient (Wildman–Crippen LogP) is 2.50. The molecule has 0 radical (unpaired) electrons. The molecule has 0 spiro atoms. The number of fused-ring (bicyclic) bond motifs is 1. The molecule has 4 N–H and O–H groups in total. The van der Waals surface area contributed by atoms with Crippen LogP contribution in [0.2, 0.25) is 0 Å². The monoisotopic (exact) mass is 433 g/mol. The molecule has 23 heavy (non-hydrogen) atoms. The lowest BCUT2D eigenvalue weighted by Gasteiger charge is -2.19. The Labute approximate surface area is 153 Å². The molecule has 0 bridgehead atoms. The van der Waals surface area contributed by atoms with Crippen molar-refractivity contribution in [2.24, 2.45) is 10.7 Å². The molecule has 2 aliphatic rings. The Morgan fingerprint density at radius 2 is 1.87 bits per heavy atom. The summed E-state index contributed by atoms with van der Waals surface area (Å²) in [7, 11) is 0. The van der Waals surface area contributed by atoms with E-state index in [-0.39, 0.29) is 24.0 Å². The summed E-state index contributed by atoms with van der Waals surface area (Å²) in [6.45, 7) is 1.66. The maximum atomic E-state index is 10.3. The van der Waals surface area contributed by atoms with Crippen LogP contribution < -0.4 is 20.5 Å². The van der Waals surface area contributed by atoms with Crippen LogP contribution in [-0.4, -0.2) is 36.4 Å². The van der Waals surface area contributed by atoms with Crippen LogP contribution in [0.1, 0.15) is 32.1 Å². The van der Waals surface area contributed by atoms with Crippen LogP contribution in [0.15, 0.2) is 23.2 Å². The SMILES string of the molecule is I.NC(=NCC1(O)CCCC1)Nc1ccc2c(c1)OCCCO2. The van der Waals surface area contributed by atoms with Crippen molar-refractivity contribution in [3.63, 3.8) is 0 Å². The molecule has 128 valence electrons. The number of hydrogen-bond donors (Lipinski definition) is 3. The second-order valence-corrected chi connectivity index (χ2v) is 5.97. The number of halogens is 1. The number of aliphatic imine (C=N–C) groups is 1. The molecule has 1 aromatic rings. The molecule has 1 heterocycles. The molecule has 0 atom stereocenters. The Kier molecular flexibility index (Phi) is 6.34. The fourth-order valence-electron chi connectivity index (χ4n) is 2.85. The van der Waals surface area contributed by atoms with Gasteiger partial charge in [-0.3, -0.25) is 4.99 Å². The summed E-state index contributed by atoms with van der Waals surface area (Å²) in [5, 5.41) is 13.3. The van der Waals surface area contributed by atoms with Crippen molar-refractivity contribution in [2.75, 3.05) is 25.1 Å². The fraction of sp³-hybridized carbons (Fsp3) is 0.562. The molecule has 0 amide bonds. The fourth-order valence-corrected chi connectivity index (χ4v) is 2.85. The Hall–Kier alpha value is -1.22. The average molecular weight is 433 g/mol. The van der Waals surface area contributed by atoms with E-state index in [2.05, 4.69) is 10.3 Å². The number of anilines is 1.